The molecule has 2 N–H and O–H groups in total. The maximum absolute atomic E-state index is 11.8. The SMILES string of the molecule is O=C(NCCc1cn2cc(Cl)cc(Cl)c2n1)Nc1ccc(Cl)cc1. The number of halogens is 3. The second-order valence-corrected chi connectivity index (χ2v) is 6.39. The van der Waals surface area contributed by atoms with E-state index in [1.807, 2.05) is 6.20 Å². The zero-order valence-corrected chi connectivity index (χ0v) is 14.7. The number of anilines is 1. The minimum Gasteiger partial charge on any atom is -0.337 e. The average molecular weight is 384 g/mol. The zero-order valence-electron chi connectivity index (χ0n) is 12.4. The van der Waals surface area contributed by atoms with Gasteiger partial charge in [-0.25, -0.2) is 9.78 Å². The summed E-state index contributed by atoms with van der Waals surface area (Å²) in [6.45, 7) is 0.439. The summed E-state index contributed by atoms with van der Waals surface area (Å²) in [5.41, 5.74) is 2.12. The van der Waals surface area contributed by atoms with Crippen LogP contribution in [0.15, 0.2) is 42.7 Å². The van der Waals surface area contributed by atoms with E-state index in [2.05, 4.69) is 15.6 Å². The van der Waals surface area contributed by atoms with Crippen molar-refractivity contribution in [2.75, 3.05) is 11.9 Å². The number of pyridine rings is 1. The third kappa shape index (κ3) is 4.12. The number of amides is 2. The highest BCUT2D eigenvalue weighted by molar-refractivity contribution is 6.36. The number of rotatable bonds is 4. The van der Waals surface area contributed by atoms with Crippen LogP contribution in [0.3, 0.4) is 0 Å². The fourth-order valence-corrected chi connectivity index (χ4v) is 2.86. The molecule has 124 valence electrons. The fourth-order valence-electron chi connectivity index (χ4n) is 2.21. The smallest absolute Gasteiger partial charge is 0.319 e. The molecule has 3 aromatic rings. The van der Waals surface area contributed by atoms with Crippen LogP contribution in [-0.4, -0.2) is 22.0 Å². The quantitative estimate of drug-likeness (QED) is 0.688. The molecule has 0 aliphatic heterocycles. The van der Waals surface area contributed by atoms with Crippen molar-refractivity contribution in [2.24, 2.45) is 0 Å². The van der Waals surface area contributed by atoms with Crippen molar-refractivity contribution in [3.05, 3.63) is 63.5 Å². The Morgan fingerprint density at radius 2 is 1.83 bits per heavy atom. The summed E-state index contributed by atoms with van der Waals surface area (Å²) in [5, 5.41) is 7.14. The molecule has 2 aromatic heterocycles. The molecule has 0 saturated carbocycles. The Hall–Kier alpha value is -1.95. The number of nitrogens with zero attached hydrogens (tertiary/aromatic N) is 2. The summed E-state index contributed by atoms with van der Waals surface area (Å²) in [4.78, 5) is 16.3. The summed E-state index contributed by atoms with van der Waals surface area (Å²) in [6.07, 6.45) is 4.15. The Morgan fingerprint density at radius 1 is 1.08 bits per heavy atom. The van der Waals surface area contributed by atoms with E-state index in [4.69, 9.17) is 34.8 Å². The minimum atomic E-state index is -0.290. The van der Waals surface area contributed by atoms with Crippen LogP contribution >= 0.6 is 34.8 Å². The van der Waals surface area contributed by atoms with Crippen molar-refractivity contribution in [3.8, 4) is 0 Å². The summed E-state index contributed by atoms with van der Waals surface area (Å²) < 4.78 is 1.77. The molecule has 2 heterocycles. The van der Waals surface area contributed by atoms with E-state index >= 15 is 0 Å². The number of aromatic nitrogens is 2. The molecule has 0 spiro atoms. The van der Waals surface area contributed by atoms with Gasteiger partial charge in [0.05, 0.1) is 15.7 Å². The first-order valence-electron chi connectivity index (χ1n) is 7.14. The number of fused-ring (bicyclic) bond motifs is 1. The van der Waals surface area contributed by atoms with Gasteiger partial charge in [0.1, 0.15) is 0 Å². The number of hydrogen-bond donors (Lipinski definition) is 2. The Labute approximate surface area is 153 Å². The lowest BCUT2D eigenvalue weighted by Gasteiger charge is -2.06. The molecule has 8 heteroatoms. The predicted octanol–water partition coefficient (Wildman–Crippen LogP) is 4.66. The fraction of sp³-hybridized carbons (Fsp3) is 0.125. The third-order valence-electron chi connectivity index (χ3n) is 3.29. The molecular formula is C16H13Cl3N4O. The van der Waals surface area contributed by atoms with Gasteiger partial charge in [0, 0.05) is 36.1 Å². The van der Waals surface area contributed by atoms with Crippen LogP contribution in [0, 0.1) is 0 Å². The third-order valence-corrected chi connectivity index (χ3v) is 4.03. The second-order valence-electron chi connectivity index (χ2n) is 5.11. The molecule has 0 radical (unpaired) electrons. The first-order chi connectivity index (χ1) is 11.5. The topological polar surface area (TPSA) is 58.4 Å². The van der Waals surface area contributed by atoms with Gasteiger partial charge >= 0.3 is 6.03 Å². The molecule has 0 aliphatic carbocycles. The first kappa shape index (κ1) is 16.9. The Bertz CT molecular complexity index is 877. The summed E-state index contributed by atoms with van der Waals surface area (Å²) in [5.74, 6) is 0. The highest BCUT2D eigenvalue weighted by Crippen LogP contribution is 2.21. The first-order valence-corrected chi connectivity index (χ1v) is 8.28. The van der Waals surface area contributed by atoms with Crippen LogP contribution in [-0.2, 0) is 6.42 Å². The number of imidazole rings is 1. The maximum Gasteiger partial charge on any atom is 0.319 e. The van der Waals surface area contributed by atoms with Crippen molar-refractivity contribution in [1.82, 2.24) is 14.7 Å². The lowest BCUT2D eigenvalue weighted by atomic mass is 10.3. The summed E-state index contributed by atoms with van der Waals surface area (Å²) in [6, 6.07) is 8.24. The summed E-state index contributed by atoms with van der Waals surface area (Å²) >= 11 is 17.9. The van der Waals surface area contributed by atoms with Gasteiger partial charge in [-0.15, -0.1) is 0 Å². The van der Waals surface area contributed by atoms with Crippen molar-refractivity contribution in [1.29, 1.82) is 0 Å². The maximum atomic E-state index is 11.8. The highest BCUT2D eigenvalue weighted by atomic mass is 35.5. The Kier molecular flexibility index (Phi) is 5.14. The Morgan fingerprint density at radius 3 is 2.58 bits per heavy atom. The standard InChI is InChI=1S/C16H13Cl3N4O/c17-10-1-3-12(4-2-10)22-16(24)20-6-5-13-9-23-8-11(18)7-14(19)15(23)21-13/h1-4,7-9H,5-6H2,(H2,20,22,24). The monoisotopic (exact) mass is 382 g/mol. The molecule has 0 atom stereocenters. The largest absolute Gasteiger partial charge is 0.337 e. The Balaban J connectivity index is 1.55. The lowest BCUT2D eigenvalue weighted by Crippen LogP contribution is -2.30. The molecule has 0 aliphatic rings. The number of nitrogens with one attached hydrogen (secondary N) is 2. The summed E-state index contributed by atoms with van der Waals surface area (Å²) in [7, 11) is 0. The molecule has 0 bridgehead atoms. The number of benzene rings is 1. The number of carbonyl (C=O) groups is 1. The molecule has 0 saturated heterocycles. The molecule has 1 aromatic carbocycles. The van der Waals surface area contributed by atoms with Gasteiger partial charge in [-0.2, -0.15) is 0 Å². The van der Waals surface area contributed by atoms with Crippen LogP contribution in [0.1, 0.15) is 5.69 Å². The van der Waals surface area contributed by atoms with Crippen LogP contribution in [0.2, 0.25) is 15.1 Å². The number of urea groups is 1. The number of hydrogen-bond acceptors (Lipinski definition) is 2. The van der Waals surface area contributed by atoms with Gasteiger partial charge in [0.15, 0.2) is 5.65 Å². The predicted molar refractivity (Wildman–Crippen MR) is 97.4 cm³/mol. The van der Waals surface area contributed by atoms with E-state index in [9.17, 15) is 4.79 Å². The van der Waals surface area contributed by atoms with Crippen molar-refractivity contribution < 1.29 is 4.79 Å². The van der Waals surface area contributed by atoms with E-state index in [-0.39, 0.29) is 6.03 Å². The van der Waals surface area contributed by atoms with Crippen LogP contribution in [0.4, 0.5) is 10.5 Å². The van der Waals surface area contributed by atoms with Gasteiger partial charge in [0.25, 0.3) is 0 Å². The van der Waals surface area contributed by atoms with E-state index in [1.165, 1.54) is 0 Å². The van der Waals surface area contributed by atoms with E-state index in [1.54, 1.807) is 40.9 Å². The molecule has 3 rings (SSSR count). The second kappa shape index (κ2) is 7.30. The molecule has 24 heavy (non-hydrogen) atoms. The van der Waals surface area contributed by atoms with Gasteiger partial charge < -0.3 is 15.0 Å². The van der Waals surface area contributed by atoms with Crippen molar-refractivity contribution >= 4 is 52.2 Å². The van der Waals surface area contributed by atoms with Crippen LogP contribution in [0.5, 0.6) is 0 Å². The van der Waals surface area contributed by atoms with E-state index < -0.39 is 0 Å². The molecule has 2 amide bonds. The normalized spacial score (nSPS) is 10.8. The lowest BCUT2D eigenvalue weighted by molar-refractivity contribution is 0.252. The molecule has 0 unspecified atom stereocenters. The minimum absolute atomic E-state index is 0.290. The average Bonchev–Trinajstić information content (AvgIpc) is 2.92. The van der Waals surface area contributed by atoms with Gasteiger partial charge in [-0.1, -0.05) is 34.8 Å². The molecular weight excluding hydrogens is 371 g/mol. The highest BCUT2D eigenvalue weighted by Gasteiger charge is 2.07. The molecule has 0 fully saturated rings. The van der Waals surface area contributed by atoms with Crippen LogP contribution in [0.25, 0.3) is 5.65 Å². The van der Waals surface area contributed by atoms with Crippen molar-refractivity contribution in [2.45, 2.75) is 6.42 Å². The molecule has 5 nitrogen and oxygen atoms in total. The number of carbonyl (C=O) groups excluding carboxylic acids is 1. The van der Waals surface area contributed by atoms with E-state index in [0.717, 1.165) is 5.69 Å². The van der Waals surface area contributed by atoms with Gasteiger partial charge in [0.2, 0.25) is 0 Å². The van der Waals surface area contributed by atoms with E-state index in [0.29, 0.717) is 39.4 Å². The van der Waals surface area contributed by atoms with Gasteiger partial charge in [-0.3, -0.25) is 0 Å². The van der Waals surface area contributed by atoms with Crippen molar-refractivity contribution in [3.63, 3.8) is 0 Å². The van der Waals surface area contributed by atoms with Crippen LogP contribution < -0.4 is 10.6 Å². The zero-order chi connectivity index (χ0) is 17.1. The van der Waals surface area contributed by atoms with Gasteiger partial charge in [-0.05, 0) is 30.3 Å².